The smallest absolute Gasteiger partial charge is 0.194 e. The van der Waals surface area contributed by atoms with Crippen molar-refractivity contribution in [3.63, 3.8) is 0 Å². The predicted octanol–water partition coefficient (Wildman–Crippen LogP) is -1.77. The molecule has 7 heteroatoms. The number of aliphatic hydroxyl groups is 4. The van der Waals surface area contributed by atoms with E-state index in [0.29, 0.717) is 19.6 Å². The zero-order valence-corrected chi connectivity index (χ0v) is 10.3. The van der Waals surface area contributed by atoms with E-state index in [0.717, 1.165) is 0 Å². The Bertz CT molecular complexity index is 225. The van der Waals surface area contributed by atoms with Crippen molar-refractivity contribution in [2.75, 3.05) is 39.6 Å². The fourth-order valence-corrected chi connectivity index (χ4v) is 1.78. The third-order valence-corrected chi connectivity index (χ3v) is 2.81. The normalized spacial score (nSPS) is 32.0. The highest BCUT2D eigenvalue weighted by atomic mass is 16.6. The van der Waals surface area contributed by atoms with Crippen molar-refractivity contribution < 1.29 is 34.6 Å². The molecule has 7 nitrogen and oxygen atoms in total. The van der Waals surface area contributed by atoms with Gasteiger partial charge in [0.15, 0.2) is 5.79 Å². The molecule has 0 heterocycles. The Balaban J connectivity index is 2.01. The topological polar surface area (TPSA) is 109 Å². The molecule has 3 unspecified atom stereocenters. The summed E-state index contributed by atoms with van der Waals surface area (Å²) in [6.07, 6.45) is -1.70. The summed E-state index contributed by atoms with van der Waals surface area (Å²) in [6, 6.07) is 0. The number of hydrogen-bond acceptors (Lipinski definition) is 7. The second-order valence-electron chi connectivity index (χ2n) is 4.19. The Morgan fingerprint density at radius 2 is 1.61 bits per heavy atom. The van der Waals surface area contributed by atoms with Gasteiger partial charge in [-0.3, -0.25) is 0 Å². The summed E-state index contributed by atoms with van der Waals surface area (Å²) in [5, 5.41) is 37.1. The average Bonchev–Trinajstić information content (AvgIpc) is 2.61. The van der Waals surface area contributed by atoms with Crippen LogP contribution in [0.1, 0.15) is 12.8 Å². The van der Waals surface area contributed by atoms with Crippen molar-refractivity contribution in [3.05, 3.63) is 0 Å². The third kappa shape index (κ3) is 4.77. The second kappa shape index (κ2) is 8.00. The number of hydrogen-bond donors (Lipinski definition) is 4. The average molecular weight is 266 g/mol. The van der Waals surface area contributed by atoms with Gasteiger partial charge in [0, 0.05) is 6.42 Å². The molecule has 1 saturated carbocycles. The van der Waals surface area contributed by atoms with Crippen molar-refractivity contribution in [2.45, 2.75) is 30.8 Å². The fraction of sp³-hybridized carbons (Fsp3) is 1.00. The Hall–Kier alpha value is -0.280. The standard InChI is InChI=1S/C11H22O7/c12-3-4-16-5-6-17-7-8-18-11(15)2-1-9(13)10(11)14/h9-10,12-15H,1-8H2. The van der Waals surface area contributed by atoms with Crippen LogP contribution in [0, 0.1) is 0 Å². The molecule has 0 aliphatic heterocycles. The highest BCUT2D eigenvalue weighted by Crippen LogP contribution is 2.31. The highest BCUT2D eigenvalue weighted by molar-refractivity contribution is 4.91. The molecule has 0 radical (unpaired) electrons. The molecule has 0 spiro atoms. The highest BCUT2D eigenvalue weighted by Gasteiger charge is 2.47. The van der Waals surface area contributed by atoms with Crippen molar-refractivity contribution in [3.8, 4) is 0 Å². The van der Waals surface area contributed by atoms with E-state index in [1.54, 1.807) is 0 Å². The lowest BCUT2D eigenvalue weighted by molar-refractivity contribution is -0.255. The first-order valence-corrected chi connectivity index (χ1v) is 6.09. The number of rotatable bonds is 9. The summed E-state index contributed by atoms with van der Waals surface area (Å²) in [5.41, 5.74) is 0. The Morgan fingerprint density at radius 3 is 2.17 bits per heavy atom. The molecule has 4 N–H and O–H groups in total. The minimum Gasteiger partial charge on any atom is -0.394 e. The summed E-state index contributed by atoms with van der Waals surface area (Å²) in [4.78, 5) is 0. The van der Waals surface area contributed by atoms with E-state index < -0.39 is 18.0 Å². The van der Waals surface area contributed by atoms with Gasteiger partial charge in [-0.05, 0) is 6.42 Å². The first kappa shape index (κ1) is 15.8. The van der Waals surface area contributed by atoms with E-state index in [9.17, 15) is 15.3 Å². The zero-order valence-electron chi connectivity index (χ0n) is 10.3. The molecule has 1 rings (SSSR count). The van der Waals surface area contributed by atoms with Crippen LogP contribution in [0.15, 0.2) is 0 Å². The molecular weight excluding hydrogens is 244 g/mol. The van der Waals surface area contributed by atoms with Crippen LogP contribution in [0.25, 0.3) is 0 Å². The molecular formula is C11H22O7. The van der Waals surface area contributed by atoms with Gasteiger partial charge in [0.25, 0.3) is 0 Å². The van der Waals surface area contributed by atoms with E-state index >= 15 is 0 Å². The number of ether oxygens (including phenoxy) is 3. The molecule has 0 amide bonds. The summed E-state index contributed by atoms with van der Waals surface area (Å²) >= 11 is 0. The zero-order chi connectivity index (χ0) is 13.4. The lowest BCUT2D eigenvalue weighted by atomic mass is 10.2. The van der Waals surface area contributed by atoms with Crippen molar-refractivity contribution in [1.29, 1.82) is 0 Å². The molecule has 0 saturated heterocycles. The van der Waals surface area contributed by atoms with E-state index in [1.165, 1.54) is 0 Å². The van der Waals surface area contributed by atoms with Crippen LogP contribution >= 0.6 is 0 Å². The van der Waals surface area contributed by atoms with Crippen molar-refractivity contribution in [1.82, 2.24) is 0 Å². The largest absolute Gasteiger partial charge is 0.394 e. The molecule has 0 aromatic rings. The van der Waals surface area contributed by atoms with Gasteiger partial charge in [-0.25, -0.2) is 0 Å². The van der Waals surface area contributed by atoms with E-state index in [-0.39, 0.29) is 32.8 Å². The van der Waals surface area contributed by atoms with Gasteiger partial charge in [-0.1, -0.05) is 0 Å². The van der Waals surface area contributed by atoms with Crippen LogP contribution in [0.5, 0.6) is 0 Å². The lowest BCUT2D eigenvalue weighted by Gasteiger charge is -2.27. The molecule has 108 valence electrons. The van der Waals surface area contributed by atoms with E-state index in [4.69, 9.17) is 19.3 Å². The fourth-order valence-electron chi connectivity index (χ4n) is 1.78. The second-order valence-corrected chi connectivity index (χ2v) is 4.19. The van der Waals surface area contributed by atoms with Crippen LogP contribution in [-0.2, 0) is 14.2 Å². The molecule has 0 aromatic carbocycles. The monoisotopic (exact) mass is 266 g/mol. The van der Waals surface area contributed by atoms with Crippen LogP contribution in [-0.4, -0.2) is 78.1 Å². The van der Waals surface area contributed by atoms with Crippen LogP contribution in [0.4, 0.5) is 0 Å². The molecule has 0 aromatic heterocycles. The van der Waals surface area contributed by atoms with Crippen LogP contribution in [0.3, 0.4) is 0 Å². The summed E-state index contributed by atoms with van der Waals surface area (Å²) in [5.74, 6) is -1.67. The van der Waals surface area contributed by atoms with Gasteiger partial charge in [0.1, 0.15) is 6.10 Å². The lowest BCUT2D eigenvalue weighted by Crippen LogP contribution is -2.45. The SMILES string of the molecule is OCCOCCOCCOC1(O)CCC(O)C1O. The van der Waals surface area contributed by atoms with Gasteiger partial charge >= 0.3 is 0 Å². The van der Waals surface area contributed by atoms with Gasteiger partial charge in [-0.2, -0.15) is 0 Å². The summed E-state index contributed by atoms with van der Waals surface area (Å²) in [7, 11) is 0. The summed E-state index contributed by atoms with van der Waals surface area (Å²) < 4.78 is 15.3. The van der Waals surface area contributed by atoms with Gasteiger partial charge in [0.05, 0.1) is 45.7 Å². The third-order valence-electron chi connectivity index (χ3n) is 2.81. The summed E-state index contributed by atoms with van der Waals surface area (Å²) in [6.45, 7) is 1.40. The molecule has 18 heavy (non-hydrogen) atoms. The molecule has 1 aliphatic rings. The van der Waals surface area contributed by atoms with Gasteiger partial charge in [0.2, 0.25) is 0 Å². The van der Waals surface area contributed by atoms with Crippen molar-refractivity contribution in [2.24, 2.45) is 0 Å². The Labute approximate surface area is 106 Å². The van der Waals surface area contributed by atoms with Crippen LogP contribution < -0.4 is 0 Å². The Kier molecular flexibility index (Phi) is 7.02. The van der Waals surface area contributed by atoms with Gasteiger partial charge in [-0.15, -0.1) is 0 Å². The first-order chi connectivity index (χ1) is 8.60. The first-order valence-electron chi connectivity index (χ1n) is 6.09. The minimum absolute atomic E-state index is 0.0175. The van der Waals surface area contributed by atoms with E-state index in [1.807, 2.05) is 0 Å². The van der Waals surface area contributed by atoms with E-state index in [2.05, 4.69) is 0 Å². The maximum Gasteiger partial charge on any atom is 0.194 e. The van der Waals surface area contributed by atoms with Gasteiger partial charge < -0.3 is 34.6 Å². The predicted molar refractivity (Wildman–Crippen MR) is 60.9 cm³/mol. The maximum absolute atomic E-state index is 9.86. The number of aliphatic hydroxyl groups excluding tert-OH is 3. The molecule has 3 atom stereocenters. The minimum atomic E-state index is -1.67. The maximum atomic E-state index is 9.86. The molecule has 1 fully saturated rings. The van der Waals surface area contributed by atoms with Crippen LogP contribution in [0.2, 0.25) is 0 Å². The van der Waals surface area contributed by atoms with Crippen molar-refractivity contribution >= 4 is 0 Å². The molecule has 0 bridgehead atoms. The quantitative estimate of drug-likeness (QED) is 0.289. The Morgan fingerprint density at radius 1 is 1.00 bits per heavy atom. The molecule has 1 aliphatic carbocycles.